The van der Waals surface area contributed by atoms with Crippen LogP contribution in [-0.4, -0.2) is 15.3 Å². The van der Waals surface area contributed by atoms with Gasteiger partial charge in [-0.2, -0.15) is 0 Å². The molecule has 2 aromatic rings. The molecule has 0 bridgehead atoms. The predicted octanol–water partition coefficient (Wildman–Crippen LogP) is 2.48. The summed E-state index contributed by atoms with van der Waals surface area (Å²) in [5.41, 5.74) is 1.44. The molecule has 2 aromatic carbocycles. The van der Waals surface area contributed by atoms with Crippen molar-refractivity contribution in [1.82, 2.24) is 0 Å². The third-order valence-electron chi connectivity index (χ3n) is 3.06. The van der Waals surface area contributed by atoms with E-state index in [4.69, 9.17) is 4.74 Å². The van der Waals surface area contributed by atoms with Gasteiger partial charge < -0.3 is 20.1 Å². The van der Waals surface area contributed by atoms with Gasteiger partial charge in [-0.1, -0.05) is 6.07 Å². The average Bonchev–Trinajstić information content (AvgIpc) is 2.73. The summed E-state index contributed by atoms with van der Waals surface area (Å²) >= 11 is 0. The molecule has 0 aromatic heterocycles. The monoisotopic (exact) mass is 244 g/mol. The molecule has 0 aliphatic carbocycles. The number of aromatic hydroxyl groups is 3. The molecule has 0 spiro atoms. The van der Waals surface area contributed by atoms with Crippen LogP contribution >= 0.6 is 0 Å². The molecule has 3 rings (SSSR count). The minimum absolute atomic E-state index is 0.00576. The molecule has 1 aliphatic rings. The zero-order valence-corrected chi connectivity index (χ0v) is 9.50. The van der Waals surface area contributed by atoms with Gasteiger partial charge in [0.15, 0.2) is 0 Å². The minimum atomic E-state index is -0.300. The van der Waals surface area contributed by atoms with Crippen molar-refractivity contribution in [2.45, 2.75) is 12.5 Å². The molecule has 92 valence electrons. The second kappa shape index (κ2) is 3.84. The van der Waals surface area contributed by atoms with Crippen molar-refractivity contribution in [2.75, 3.05) is 0 Å². The summed E-state index contributed by atoms with van der Waals surface area (Å²) in [6.45, 7) is 0. The van der Waals surface area contributed by atoms with E-state index in [0.29, 0.717) is 17.7 Å². The van der Waals surface area contributed by atoms with E-state index in [1.807, 2.05) is 0 Å². The zero-order valence-electron chi connectivity index (χ0n) is 9.50. The van der Waals surface area contributed by atoms with Crippen LogP contribution in [0.15, 0.2) is 36.4 Å². The van der Waals surface area contributed by atoms with Gasteiger partial charge in [0.1, 0.15) is 29.1 Å². The van der Waals surface area contributed by atoms with Crippen molar-refractivity contribution in [3.05, 3.63) is 47.5 Å². The number of fused-ring (bicyclic) bond motifs is 1. The van der Waals surface area contributed by atoms with Gasteiger partial charge in [0, 0.05) is 18.1 Å². The fourth-order valence-corrected chi connectivity index (χ4v) is 2.24. The maximum absolute atomic E-state index is 9.73. The highest BCUT2D eigenvalue weighted by Crippen LogP contribution is 2.42. The lowest BCUT2D eigenvalue weighted by Gasteiger charge is -2.11. The molecule has 1 atom stereocenters. The summed E-state index contributed by atoms with van der Waals surface area (Å²) in [5, 5.41) is 28.6. The minimum Gasteiger partial charge on any atom is -0.508 e. The van der Waals surface area contributed by atoms with Crippen LogP contribution in [0, 0.1) is 0 Å². The van der Waals surface area contributed by atoms with E-state index in [1.165, 1.54) is 6.07 Å². The van der Waals surface area contributed by atoms with Gasteiger partial charge in [-0.3, -0.25) is 0 Å². The maximum Gasteiger partial charge on any atom is 0.128 e. The Morgan fingerprint density at radius 2 is 1.72 bits per heavy atom. The largest absolute Gasteiger partial charge is 0.508 e. The number of phenols is 3. The number of benzene rings is 2. The Bertz CT molecular complexity index is 586. The predicted molar refractivity (Wildman–Crippen MR) is 65.0 cm³/mol. The topological polar surface area (TPSA) is 69.9 Å². The van der Waals surface area contributed by atoms with Crippen LogP contribution in [0.2, 0.25) is 0 Å². The van der Waals surface area contributed by atoms with E-state index in [2.05, 4.69) is 0 Å². The number of hydrogen-bond acceptors (Lipinski definition) is 4. The molecule has 0 amide bonds. The fourth-order valence-electron chi connectivity index (χ4n) is 2.24. The zero-order chi connectivity index (χ0) is 12.7. The van der Waals surface area contributed by atoms with Gasteiger partial charge in [0.25, 0.3) is 0 Å². The molecule has 1 aliphatic heterocycles. The molecule has 0 radical (unpaired) electrons. The van der Waals surface area contributed by atoms with E-state index < -0.39 is 0 Å². The number of rotatable bonds is 1. The summed E-state index contributed by atoms with van der Waals surface area (Å²) in [4.78, 5) is 0. The first-order valence-corrected chi connectivity index (χ1v) is 5.64. The quantitative estimate of drug-likeness (QED) is 0.720. The van der Waals surface area contributed by atoms with Crippen LogP contribution in [0.1, 0.15) is 17.2 Å². The summed E-state index contributed by atoms with van der Waals surface area (Å²) in [7, 11) is 0. The Labute approximate surface area is 104 Å². The lowest BCUT2D eigenvalue weighted by atomic mass is 10.0. The lowest BCUT2D eigenvalue weighted by molar-refractivity contribution is 0.237. The molecule has 4 nitrogen and oxygen atoms in total. The van der Waals surface area contributed by atoms with Crippen LogP contribution < -0.4 is 4.74 Å². The van der Waals surface area contributed by atoms with Crippen molar-refractivity contribution in [3.63, 3.8) is 0 Å². The Morgan fingerprint density at radius 3 is 2.39 bits per heavy atom. The van der Waals surface area contributed by atoms with Crippen molar-refractivity contribution in [3.8, 4) is 23.0 Å². The van der Waals surface area contributed by atoms with Gasteiger partial charge in [-0.15, -0.1) is 0 Å². The van der Waals surface area contributed by atoms with Crippen LogP contribution in [0.5, 0.6) is 23.0 Å². The Kier molecular flexibility index (Phi) is 2.30. The van der Waals surface area contributed by atoms with Crippen LogP contribution in [0.3, 0.4) is 0 Å². The molecule has 0 unspecified atom stereocenters. The van der Waals surface area contributed by atoms with Crippen molar-refractivity contribution >= 4 is 0 Å². The normalized spacial score (nSPS) is 17.2. The first-order chi connectivity index (χ1) is 8.63. The van der Waals surface area contributed by atoms with E-state index in [1.54, 1.807) is 30.3 Å². The van der Waals surface area contributed by atoms with Crippen molar-refractivity contribution in [2.24, 2.45) is 0 Å². The Morgan fingerprint density at radius 1 is 1.00 bits per heavy atom. The second-order valence-electron chi connectivity index (χ2n) is 4.35. The molecular formula is C14H12O4. The lowest BCUT2D eigenvalue weighted by Crippen LogP contribution is -2.02. The van der Waals surface area contributed by atoms with Gasteiger partial charge in [0.2, 0.25) is 0 Å². The molecular weight excluding hydrogens is 232 g/mol. The number of hydrogen-bond donors (Lipinski definition) is 3. The molecule has 18 heavy (non-hydrogen) atoms. The van der Waals surface area contributed by atoms with Gasteiger partial charge in [-0.25, -0.2) is 0 Å². The van der Waals surface area contributed by atoms with Crippen LogP contribution in [0.4, 0.5) is 0 Å². The highest BCUT2D eigenvalue weighted by atomic mass is 16.5. The van der Waals surface area contributed by atoms with Crippen LogP contribution in [-0.2, 0) is 6.42 Å². The number of ether oxygens (including phenoxy) is 1. The Balaban J connectivity index is 1.96. The fraction of sp³-hybridized carbons (Fsp3) is 0.143. The van der Waals surface area contributed by atoms with E-state index in [9.17, 15) is 15.3 Å². The third-order valence-corrected chi connectivity index (χ3v) is 3.06. The first-order valence-electron chi connectivity index (χ1n) is 5.64. The highest BCUT2D eigenvalue weighted by molar-refractivity contribution is 5.49. The third kappa shape index (κ3) is 1.72. The molecule has 0 saturated heterocycles. The van der Waals surface area contributed by atoms with Gasteiger partial charge >= 0.3 is 0 Å². The highest BCUT2D eigenvalue weighted by Gasteiger charge is 2.27. The second-order valence-corrected chi connectivity index (χ2v) is 4.35. The van der Waals surface area contributed by atoms with Crippen molar-refractivity contribution in [1.29, 1.82) is 0 Å². The number of phenolic OH excluding ortho intramolecular Hbond substituents is 3. The summed E-state index contributed by atoms with van der Waals surface area (Å²) in [6.07, 6.45) is 0.219. The summed E-state index contributed by atoms with van der Waals surface area (Å²) in [6, 6.07) is 9.49. The summed E-state index contributed by atoms with van der Waals surface area (Å²) < 4.78 is 5.70. The van der Waals surface area contributed by atoms with E-state index in [0.717, 1.165) is 5.56 Å². The van der Waals surface area contributed by atoms with Crippen molar-refractivity contribution < 1.29 is 20.1 Å². The van der Waals surface area contributed by atoms with Crippen LogP contribution in [0.25, 0.3) is 0 Å². The molecule has 0 fully saturated rings. The van der Waals surface area contributed by atoms with E-state index in [-0.39, 0.29) is 23.4 Å². The van der Waals surface area contributed by atoms with Gasteiger partial charge in [-0.05, 0) is 29.8 Å². The summed E-state index contributed by atoms with van der Waals surface area (Å²) in [5.74, 6) is 0.838. The molecule has 0 saturated carbocycles. The molecule has 3 N–H and O–H groups in total. The molecule has 4 heteroatoms. The first kappa shape index (κ1) is 10.8. The maximum atomic E-state index is 9.73. The average molecular weight is 244 g/mol. The smallest absolute Gasteiger partial charge is 0.128 e. The standard InChI is InChI=1S/C14H12O4/c15-9-4-8(5-10(16)6-9)14-7-11-12(17)2-1-3-13(11)18-14/h1-6,14-17H,7H2/t14-/m0/s1. The Hall–Kier alpha value is -2.36. The van der Waals surface area contributed by atoms with Gasteiger partial charge in [0.05, 0.1) is 0 Å². The van der Waals surface area contributed by atoms with E-state index >= 15 is 0 Å². The SMILES string of the molecule is Oc1cc(O)cc([C@@H]2Cc3c(O)cccc3O2)c1. The molecule has 1 heterocycles.